The number of hydrogen-bond acceptors (Lipinski definition) is 3. The molecule has 0 bridgehead atoms. The minimum atomic E-state index is 0.931. The molecular weight excluding hydrogens is 645 g/mol. The van der Waals surface area contributed by atoms with E-state index in [9.17, 15) is 0 Å². The molecule has 0 spiro atoms. The van der Waals surface area contributed by atoms with Crippen LogP contribution >= 0.6 is 0 Å². The van der Waals surface area contributed by atoms with Crippen LogP contribution in [0.4, 0.5) is 17.1 Å². The number of pyridine rings is 2. The molecule has 0 fully saturated rings. The van der Waals surface area contributed by atoms with E-state index in [2.05, 4.69) is 191 Å². The van der Waals surface area contributed by atoms with Gasteiger partial charge < -0.3 is 9.47 Å². The minimum Gasteiger partial charge on any atom is -0.310 e. The third kappa shape index (κ3) is 5.31. The molecule has 250 valence electrons. The van der Waals surface area contributed by atoms with Crippen molar-refractivity contribution in [1.82, 2.24) is 14.5 Å². The summed E-state index contributed by atoms with van der Waals surface area (Å²) in [6.07, 6.45) is 3.80. The van der Waals surface area contributed by atoms with Crippen LogP contribution in [0.1, 0.15) is 5.56 Å². The van der Waals surface area contributed by atoms with Gasteiger partial charge in [-0.15, -0.1) is 0 Å². The number of aromatic nitrogens is 3. The van der Waals surface area contributed by atoms with Gasteiger partial charge in [0.2, 0.25) is 0 Å². The van der Waals surface area contributed by atoms with Gasteiger partial charge in [-0.25, -0.2) is 0 Å². The fourth-order valence-corrected chi connectivity index (χ4v) is 7.85. The smallest absolute Gasteiger partial charge is 0.0964 e. The molecule has 10 aromatic rings. The van der Waals surface area contributed by atoms with Crippen LogP contribution in [0.25, 0.3) is 71.6 Å². The van der Waals surface area contributed by atoms with E-state index in [1.54, 1.807) is 0 Å². The number of aryl methyl sites for hydroxylation is 1. The summed E-state index contributed by atoms with van der Waals surface area (Å²) in [6, 6.07) is 62.9. The maximum Gasteiger partial charge on any atom is 0.0964 e. The Kier molecular flexibility index (Phi) is 7.33. The van der Waals surface area contributed by atoms with E-state index in [1.807, 2.05) is 18.5 Å². The predicted molar refractivity (Wildman–Crippen MR) is 222 cm³/mol. The highest BCUT2D eigenvalue weighted by molar-refractivity contribution is 6.11. The second-order valence-electron chi connectivity index (χ2n) is 13.6. The topological polar surface area (TPSA) is 34.0 Å². The van der Waals surface area contributed by atoms with Crippen LogP contribution in [0.3, 0.4) is 0 Å². The summed E-state index contributed by atoms with van der Waals surface area (Å²) in [7, 11) is 0. The molecule has 0 unspecified atom stereocenters. The van der Waals surface area contributed by atoms with Gasteiger partial charge in [0.1, 0.15) is 0 Å². The normalized spacial score (nSPS) is 11.5. The minimum absolute atomic E-state index is 0.931. The third-order valence-corrected chi connectivity index (χ3v) is 10.3. The first-order valence-corrected chi connectivity index (χ1v) is 18.0. The lowest BCUT2D eigenvalue weighted by Crippen LogP contribution is -2.09. The second-order valence-corrected chi connectivity index (χ2v) is 13.6. The molecule has 0 N–H and O–H groups in total. The monoisotopic (exact) mass is 678 g/mol. The number of nitrogens with zero attached hydrogens (tertiary/aromatic N) is 4. The molecule has 0 aliphatic carbocycles. The van der Waals surface area contributed by atoms with Crippen LogP contribution in [0.15, 0.2) is 188 Å². The molecule has 53 heavy (non-hydrogen) atoms. The van der Waals surface area contributed by atoms with Crippen LogP contribution in [-0.4, -0.2) is 14.5 Å². The number of para-hydroxylation sites is 3. The Morgan fingerprint density at radius 2 is 1.17 bits per heavy atom. The van der Waals surface area contributed by atoms with E-state index in [4.69, 9.17) is 4.98 Å². The van der Waals surface area contributed by atoms with Gasteiger partial charge in [0.25, 0.3) is 0 Å². The van der Waals surface area contributed by atoms with Crippen molar-refractivity contribution in [3.8, 4) is 27.9 Å². The molecule has 4 nitrogen and oxygen atoms in total. The zero-order valence-electron chi connectivity index (χ0n) is 29.2. The van der Waals surface area contributed by atoms with Gasteiger partial charge in [-0.1, -0.05) is 97.1 Å². The maximum absolute atomic E-state index is 4.87. The van der Waals surface area contributed by atoms with Crippen molar-refractivity contribution < 1.29 is 0 Å². The maximum atomic E-state index is 4.87. The average molecular weight is 679 g/mol. The molecule has 0 aliphatic heterocycles. The van der Waals surface area contributed by atoms with E-state index in [-0.39, 0.29) is 0 Å². The van der Waals surface area contributed by atoms with Gasteiger partial charge in [0.05, 0.1) is 22.1 Å². The Balaban J connectivity index is 1.04. The van der Waals surface area contributed by atoms with Crippen LogP contribution < -0.4 is 4.90 Å². The van der Waals surface area contributed by atoms with Gasteiger partial charge >= 0.3 is 0 Å². The highest BCUT2D eigenvalue weighted by Crippen LogP contribution is 2.40. The highest BCUT2D eigenvalue weighted by Gasteiger charge is 2.18. The summed E-state index contributed by atoms with van der Waals surface area (Å²) in [5.41, 5.74) is 14.6. The summed E-state index contributed by atoms with van der Waals surface area (Å²) in [6.45, 7) is 2.21. The molecule has 0 radical (unpaired) electrons. The second kappa shape index (κ2) is 12.6. The molecule has 3 heterocycles. The summed E-state index contributed by atoms with van der Waals surface area (Å²) >= 11 is 0. The first kappa shape index (κ1) is 30.8. The molecule has 4 heteroatoms. The van der Waals surface area contributed by atoms with E-state index in [1.165, 1.54) is 38.5 Å². The zero-order chi connectivity index (χ0) is 35.3. The number of fused-ring (bicyclic) bond motifs is 6. The van der Waals surface area contributed by atoms with E-state index in [0.717, 1.165) is 55.7 Å². The van der Waals surface area contributed by atoms with Crippen molar-refractivity contribution in [2.45, 2.75) is 6.92 Å². The first-order chi connectivity index (χ1) is 26.2. The molecule has 0 aliphatic rings. The third-order valence-electron chi connectivity index (χ3n) is 10.3. The molecule has 7 aromatic carbocycles. The van der Waals surface area contributed by atoms with Crippen LogP contribution in [0, 0.1) is 6.92 Å². The first-order valence-electron chi connectivity index (χ1n) is 18.0. The number of hydrogen-bond donors (Lipinski definition) is 0. The molecular formula is C49H34N4. The lowest BCUT2D eigenvalue weighted by Gasteiger charge is -2.25. The molecule has 0 saturated heterocycles. The standard InChI is InChI=1S/C49H34N4/c1-33-28-41(23-25-43(33)36-13-10-12-35(29-36)38-30-37-22-21-34-14-11-27-50-48(34)49(37)51-32-38)53-46-20-9-8-19-44(46)45-31-42(24-26-47(45)53)52(39-15-4-2-5-16-39)40-17-6-3-7-18-40/h2-32H,1H3. The number of rotatable bonds is 6. The molecule has 0 atom stereocenters. The van der Waals surface area contributed by atoms with Crippen LogP contribution in [0.2, 0.25) is 0 Å². The molecule has 10 rings (SSSR count). The van der Waals surface area contributed by atoms with Crippen LogP contribution in [-0.2, 0) is 0 Å². The Bertz CT molecular complexity index is 2920. The fourth-order valence-electron chi connectivity index (χ4n) is 7.85. The van der Waals surface area contributed by atoms with Crippen molar-refractivity contribution in [3.63, 3.8) is 0 Å². The van der Waals surface area contributed by atoms with E-state index >= 15 is 0 Å². The van der Waals surface area contributed by atoms with Crippen molar-refractivity contribution in [2.75, 3.05) is 4.90 Å². The summed E-state index contributed by atoms with van der Waals surface area (Å²) in [4.78, 5) is 11.8. The fraction of sp³-hybridized carbons (Fsp3) is 0.0204. The summed E-state index contributed by atoms with van der Waals surface area (Å²) < 4.78 is 2.40. The summed E-state index contributed by atoms with van der Waals surface area (Å²) in [5, 5.41) is 4.64. The lowest BCUT2D eigenvalue weighted by molar-refractivity contribution is 1.17. The Morgan fingerprint density at radius 1 is 0.453 bits per heavy atom. The lowest BCUT2D eigenvalue weighted by atomic mass is 9.96. The van der Waals surface area contributed by atoms with Crippen LogP contribution in [0.5, 0.6) is 0 Å². The summed E-state index contributed by atoms with van der Waals surface area (Å²) in [5.74, 6) is 0. The SMILES string of the molecule is Cc1cc(-n2c3ccccc3c3cc(N(c4ccccc4)c4ccccc4)ccc32)ccc1-c1cccc(-c2cnc3c(ccc4cccnc43)c2)c1. The van der Waals surface area contributed by atoms with Crippen molar-refractivity contribution in [3.05, 3.63) is 194 Å². The van der Waals surface area contributed by atoms with Gasteiger partial charge in [-0.3, -0.25) is 9.97 Å². The van der Waals surface area contributed by atoms with Gasteiger partial charge in [0, 0.05) is 62.3 Å². The van der Waals surface area contributed by atoms with Crippen molar-refractivity contribution in [2.24, 2.45) is 0 Å². The van der Waals surface area contributed by atoms with Gasteiger partial charge in [-0.05, 0) is 108 Å². The Morgan fingerprint density at radius 3 is 1.98 bits per heavy atom. The molecule has 0 saturated carbocycles. The molecule has 0 amide bonds. The van der Waals surface area contributed by atoms with Gasteiger partial charge in [-0.2, -0.15) is 0 Å². The number of benzene rings is 7. The average Bonchev–Trinajstić information content (AvgIpc) is 3.55. The largest absolute Gasteiger partial charge is 0.310 e. The van der Waals surface area contributed by atoms with Crippen molar-refractivity contribution in [1.29, 1.82) is 0 Å². The highest BCUT2D eigenvalue weighted by atomic mass is 15.1. The molecule has 3 aromatic heterocycles. The zero-order valence-corrected chi connectivity index (χ0v) is 29.2. The number of anilines is 3. The predicted octanol–water partition coefficient (Wildman–Crippen LogP) is 13.0. The van der Waals surface area contributed by atoms with E-state index in [0.29, 0.717) is 0 Å². The van der Waals surface area contributed by atoms with E-state index < -0.39 is 0 Å². The Hall–Kier alpha value is -7.04. The van der Waals surface area contributed by atoms with Crippen molar-refractivity contribution >= 4 is 60.7 Å². The Labute approximate surface area is 307 Å². The van der Waals surface area contributed by atoms with Gasteiger partial charge in [0.15, 0.2) is 0 Å². The quantitative estimate of drug-likeness (QED) is 0.164.